The summed E-state index contributed by atoms with van der Waals surface area (Å²) in [5, 5.41) is 10.3. The summed E-state index contributed by atoms with van der Waals surface area (Å²) < 4.78 is 33.8. The Balaban J connectivity index is 1.53. The van der Waals surface area contributed by atoms with E-state index in [2.05, 4.69) is 20.7 Å². The van der Waals surface area contributed by atoms with Crippen molar-refractivity contribution >= 4 is 17.4 Å². The highest BCUT2D eigenvalue weighted by atomic mass is 19.1. The van der Waals surface area contributed by atoms with Crippen molar-refractivity contribution in [2.75, 3.05) is 18.5 Å². The lowest BCUT2D eigenvalue weighted by molar-refractivity contribution is 0.0697. The summed E-state index contributed by atoms with van der Waals surface area (Å²) >= 11 is 0. The lowest BCUT2D eigenvalue weighted by Crippen LogP contribution is -2.38. The van der Waals surface area contributed by atoms with Crippen LogP contribution in [0.2, 0.25) is 0 Å². The predicted octanol–water partition coefficient (Wildman–Crippen LogP) is 3.09. The summed E-state index contributed by atoms with van der Waals surface area (Å²) in [5.41, 5.74) is 1.22. The molecule has 3 aromatic rings. The number of nitrogens with one attached hydrogen (secondary N) is 2. The van der Waals surface area contributed by atoms with Crippen LogP contribution in [0.3, 0.4) is 0 Å². The molecule has 1 aliphatic heterocycles. The number of carbonyl (C=O) groups excluding carboxylic acids is 1. The topological polar surface area (TPSA) is 80.5 Å². The minimum absolute atomic E-state index is 0.0652. The van der Waals surface area contributed by atoms with Crippen LogP contribution in [0.1, 0.15) is 41.7 Å². The molecular formula is C20H21F2N5O2. The molecule has 0 radical (unpaired) electrons. The van der Waals surface area contributed by atoms with E-state index in [1.54, 1.807) is 19.2 Å². The van der Waals surface area contributed by atoms with Crippen LogP contribution in [0, 0.1) is 11.6 Å². The van der Waals surface area contributed by atoms with E-state index in [1.807, 2.05) is 0 Å². The number of fused-ring (bicyclic) bond motifs is 1. The molecule has 2 aromatic heterocycles. The first-order valence-corrected chi connectivity index (χ1v) is 9.45. The molecule has 1 fully saturated rings. The predicted molar refractivity (Wildman–Crippen MR) is 103 cm³/mol. The van der Waals surface area contributed by atoms with E-state index in [9.17, 15) is 13.6 Å². The van der Waals surface area contributed by atoms with Crippen LogP contribution in [-0.4, -0.2) is 39.8 Å². The molecule has 7 nitrogen and oxygen atoms in total. The zero-order valence-corrected chi connectivity index (χ0v) is 15.9. The van der Waals surface area contributed by atoms with Gasteiger partial charge in [0, 0.05) is 31.5 Å². The third kappa shape index (κ3) is 4.34. The van der Waals surface area contributed by atoms with Crippen LogP contribution in [0.25, 0.3) is 5.65 Å². The number of benzene rings is 1. The van der Waals surface area contributed by atoms with Crippen molar-refractivity contribution in [2.24, 2.45) is 0 Å². The van der Waals surface area contributed by atoms with Gasteiger partial charge in [-0.3, -0.25) is 4.79 Å². The van der Waals surface area contributed by atoms with E-state index in [0.29, 0.717) is 35.8 Å². The largest absolute Gasteiger partial charge is 0.381 e. The average molecular weight is 401 g/mol. The summed E-state index contributed by atoms with van der Waals surface area (Å²) in [7, 11) is 0. The Morgan fingerprint density at radius 2 is 1.97 bits per heavy atom. The molecule has 4 rings (SSSR count). The van der Waals surface area contributed by atoms with Crippen molar-refractivity contribution in [3.05, 3.63) is 59.4 Å². The van der Waals surface area contributed by atoms with Gasteiger partial charge in [0.25, 0.3) is 5.91 Å². The monoisotopic (exact) mass is 401 g/mol. The van der Waals surface area contributed by atoms with Gasteiger partial charge in [-0.2, -0.15) is 5.10 Å². The smallest absolute Gasteiger partial charge is 0.256 e. The second kappa shape index (κ2) is 8.12. The van der Waals surface area contributed by atoms with Crippen LogP contribution in [0.15, 0.2) is 36.7 Å². The molecule has 9 heteroatoms. The van der Waals surface area contributed by atoms with Gasteiger partial charge in [0.05, 0.1) is 12.2 Å². The van der Waals surface area contributed by atoms with E-state index < -0.39 is 17.7 Å². The van der Waals surface area contributed by atoms with Gasteiger partial charge >= 0.3 is 0 Å². The van der Waals surface area contributed by atoms with Crippen molar-refractivity contribution in [3.8, 4) is 0 Å². The number of ether oxygens (including phenoxy) is 1. The number of aromatic nitrogens is 3. The Morgan fingerprint density at radius 1 is 1.24 bits per heavy atom. The molecule has 0 saturated carbocycles. The highest BCUT2D eigenvalue weighted by Gasteiger charge is 2.20. The van der Waals surface area contributed by atoms with Crippen LogP contribution in [-0.2, 0) is 4.74 Å². The van der Waals surface area contributed by atoms with Gasteiger partial charge in [-0.05, 0) is 43.5 Å². The Labute approximate surface area is 166 Å². The number of anilines is 1. The second-order valence-corrected chi connectivity index (χ2v) is 7.07. The van der Waals surface area contributed by atoms with E-state index in [1.165, 1.54) is 22.8 Å². The minimum atomic E-state index is -0.639. The molecule has 3 heterocycles. The van der Waals surface area contributed by atoms with Crippen LogP contribution in [0.5, 0.6) is 0 Å². The zero-order chi connectivity index (χ0) is 20.4. The molecule has 1 saturated heterocycles. The molecule has 1 aliphatic rings. The molecule has 0 spiro atoms. The van der Waals surface area contributed by atoms with Gasteiger partial charge in [-0.1, -0.05) is 0 Å². The fraction of sp³-hybridized carbons (Fsp3) is 0.350. The van der Waals surface area contributed by atoms with Crippen molar-refractivity contribution in [2.45, 2.75) is 31.8 Å². The minimum Gasteiger partial charge on any atom is -0.381 e. The number of hydrogen-bond acceptors (Lipinski definition) is 5. The van der Waals surface area contributed by atoms with Crippen LogP contribution < -0.4 is 10.6 Å². The summed E-state index contributed by atoms with van der Waals surface area (Å²) in [6.45, 7) is 3.03. The molecule has 152 valence electrons. The highest BCUT2D eigenvalue weighted by Crippen LogP contribution is 2.21. The van der Waals surface area contributed by atoms with E-state index in [-0.39, 0.29) is 11.9 Å². The molecule has 1 aromatic carbocycles. The number of carbonyl (C=O) groups is 1. The van der Waals surface area contributed by atoms with Gasteiger partial charge in [0.1, 0.15) is 23.0 Å². The number of nitrogens with zero attached hydrogens (tertiary/aromatic N) is 3. The Morgan fingerprint density at radius 3 is 2.69 bits per heavy atom. The van der Waals surface area contributed by atoms with Crippen molar-refractivity contribution in [3.63, 3.8) is 0 Å². The number of rotatable bonds is 5. The van der Waals surface area contributed by atoms with Gasteiger partial charge in [-0.15, -0.1) is 0 Å². The Bertz CT molecular complexity index is 1010. The maximum atomic E-state index is 13.5. The van der Waals surface area contributed by atoms with Crippen LogP contribution >= 0.6 is 0 Å². The maximum Gasteiger partial charge on any atom is 0.256 e. The van der Waals surface area contributed by atoms with Gasteiger partial charge < -0.3 is 15.4 Å². The summed E-state index contributed by atoms with van der Waals surface area (Å²) in [6, 6.07) is 4.73. The second-order valence-electron chi connectivity index (χ2n) is 7.07. The van der Waals surface area contributed by atoms with Crippen LogP contribution in [0.4, 0.5) is 14.6 Å². The van der Waals surface area contributed by atoms with Crippen molar-refractivity contribution in [1.82, 2.24) is 19.9 Å². The first kappa shape index (κ1) is 19.3. The molecule has 0 aliphatic carbocycles. The van der Waals surface area contributed by atoms with Gasteiger partial charge in [0.2, 0.25) is 0 Å². The Hall–Kier alpha value is -3.07. The summed E-state index contributed by atoms with van der Waals surface area (Å²) in [4.78, 5) is 17.1. The Kier molecular flexibility index (Phi) is 5.39. The SMILES string of the molecule is C[C@@H](Nc1ccn2ncc(C(=O)NC3CCOCC3)c2n1)c1cc(F)cc(F)c1. The van der Waals surface area contributed by atoms with Gasteiger partial charge in [-0.25, -0.2) is 18.3 Å². The lowest BCUT2D eigenvalue weighted by atomic mass is 10.1. The van der Waals surface area contributed by atoms with Crippen molar-refractivity contribution in [1.29, 1.82) is 0 Å². The average Bonchev–Trinajstić information content (AvgIpc) is 3.11. The number of amides is 1. The third-order valence-electron chi connectivity index (χ3n) is 4.92. The fourth-order valence-corrected chi connectivity index (χ4v) is 3.34. The quantitative estimate of drug-likeness (QED) is 0.687. The first-order chi connectivity index (χ1) is 14.0. The maximum absolute atomic E-state index is 13.5. The molecule has 0 unspecified atom stereocenters. The normalized spacial score (nSPS) is 16.0. The summed E-state index contributed by atoms with van der Waals surface area (Å²) in [5.74, 6) is -1.05. The van der Waals surface area contributed by atoms with E-state index >= 15 is 0 Å². The zero-order valence-electron chi connectivity index (χ0n) is 15.9. The molecule has 1 amide bonds. The molecule has 29 heavy (non-hydrogen) atoms. The lowest BCUT2D eigenvalue weighted by Gasteiger charge is -2.22. The molecule has 2 N–H and O–H groups in total. The summed E-state index contributed by atoms with van der Waals surface area (Å²) in [6.07, 6.45) is 4.70. The number of halogens is 2. The van der Waals surface area contributed by atoms with Crippen molar-refractivity contribution < 1.29 is 18.3 Å². The standard InChI is InChI=1S/C20H21F2N5O2/c1-12(13-8-14(21)10-15(22)9-13)24-18-2-5-27-19(26-18)17(11-23-27)20(28)25-16-3-6-29-7-4-16/h2,5,8-12,16H,3-4,6-7H2,1H3,(H,24,26)(H,25,28)/t12-/m1/s1. The molecular weight excluding hydrogens is 380 g/mol. The van der Waals surface area contributed by atoms with E-state index in [4.69, 9.17) is 4.74 Å². The van der Waals surface area contributed by atoms with Gasteiger partial charge in [0.15, 0.2) is 5.65 Å². The highest BCUT2D eigenvalue weighted by molar-refractivity contribution is 5.99. The molecule has 0 bridgehead atoms. The third-order valence-corrected chi connectivity index (χ3v) is 4.92. The molecule has 1 atom stereocenters. The number of hydrogen-bond donors (Lipinski definition) is 2. The fourth-order valence-electron chi connectivity index (χ4n) is 3.34. The first-order valence-electron chi connectivity index (χ1n) is 9.45. The van der Waals surface area contributed by atoms with E-state index in [0.717, 1.165) is 18.9 Å².